The summed E-state index contributed by atoms with van der Waals surface area (Å²) >= 11 is 0. The zero-order valence-electron chi connectivity index (χ0n) is 27.1. The fourth-order valence-electron chi connectivity index (χ4n) is 6.13. The van der Waals surface area contributed by atoms with Gasteiger partial charge in [-0.2, -0.15) is 18.4 Å². The molecule has 9 nitrogen and oxygen atoms in total. The van der Waals surface area contributed by atoms with Gasteiger partial charge in [0, 0.05) is 43.2 Å². The molecule has 1 fully saturated rings. The van der Waals surface area contributed by atoms with Gasteiger partial charge in [-0.15, -0.1) is 0 Å². The van der Waals surface area contributed by atoms with Crippen LogP contribution in [0.1, 0.15) is 45.5 Å². The van der Waals surface area contributed by atoms with Crippen LogP contribution in [0.4, 0.5) is 18.9 Å². The predicted molar refractivity (Wildman–Crippen MR) is 182 cm³/mol. The molecular weight excluding hydrogens is 669 g/mol. The van der Waals surface area contributed by atoms with Gasteiger partial charge in [-0.1, -0.05) is 66.7 Å². The number of alkyl halides is 3. The van der Waals surface area contributed by atoms with Crippen molar-refractivity contribution in [3.63, 3.8) is 0 Å². The number of carbonyl (C=O) groups excluding carboxylic acids is 2. The van der Waals surface area contributed by atoms with Crippen LogP contribution in [0.3, 0.4) is 0 Å². The minimum Gasteiger partial charge on any atom is -0.379 e. The number of halogens is 3. The summed E-state index contributed by atoms with van der Waals surface area (Å²) in [4.78, 5) is 28.7. The minimum absolute atomic E-state index is 0.126. The number of hydrogen-bond acceptors (Lipinski definition) is 6. The molecule has 260 valence electrons. The van der Waals surface area contributed by atoms with Crippen molar-refractivity contribution in [2.45, 2.75) is 37.6 Å². The van der Waals surface area contributed by atoms with Crippen LogP contribution in [-0.4, -0.2) is 55.2 Å². The van der Waals surface area contributed by atoms with Gasteiger partial charge in [-0.3, -0.25) is 9.59 Å². The van der Waals surface area contributed by atoms with E-state index in [4.69, 9.17) is 0 Å². The van der Waals surface area contributed by atoms with Crippen molar-refractivity contribution in [2.75, 3.05) is 24.7 Å². The molecule has 2 amide bonds. The van der Waals surface area contributed by atoms with Gasteiger partial charge in [0.05, 0.1) is 23.5 Å². The molecule has 0 radical (unpaired) electrons. The molecule has 5 rings (SSSR count). The number of nitrogens with one attached hydrogen (secondary N) is 2. The number of carbonyl (C=O) groups is 2. The third-order valence-electron chi connectivity index (χ3n) is 8.80. The maximum absolute atomic E-state index is 14.0. The van der Waals surface area contributed by atoms with Crippen molar-refractivity contribution in [1.82, 2.24) is 9.62 Å². The number of anilines is 1. The lowest BCUT2D eigenvalue weighted by molar-refractivity contribution is -0.142. The zero-order valence-corrected chi connectivity index (χ0v) is 27.9. The van der Waals surface area contributed by atoms with E-state index in [-0.39, 0.29) is 50.5 Å². The number of amides is 2. The van der Waals surface area contributed by atoms with E-state index >= 15 is 0 Å². The SMILES string of the molecule is CS(=O)(=O)NCc1ccc(-c2cccc(CC(O)(C(=O)Nc3ccc(C#N)c(C(F)(F)F)c3)C3CCN(C(=O)c4ccccc4)CC3)c2)cc1. The highest BCUT2D eigenvalue weighted by Gasteiger charge is 2.46. The average Bonchev–Trinajstić information content (AvgIpc) is 3.10. The normalized spacial score (nSPS) is 15.2. The third-order valence-corrected chi connectivity index (χ3v) is 9.47. The number of benzene rings is 4. The summed E-state index contributed by atoms with van der Waals surface area (Å²) in [5.74, 6) is -1.75. The lowest BCUT2D eigenvalue weighted by atomic mass is 9.75. The van der Waals surface area contributed by atoms with Gasteiger partial charge in [-0.05, 0) is 65.4 Å². The van der Waals surface area contributed by atoms with Crippen LogP contribution < -0.4 is 10.0 Å². The topological polar surface area (TPSA) is 140 Å². The second kappa shape index (κ2) is 14.8. The van der Waals surface area contributed by atoms with E-state index in [1.54, 1.807) is 65.6 Å². The van der Waals surface area contributed by atoms with Gasteiger partial charge in [-0.25, -0.2) is 13.1 Å². The van der Waals surface area contributed by atoms with Crippen molar-refractivity contribution in [3.05, 3.63) is 125 Å². The third kappa shape index (κ3) is 8.76. The zero-order chi connectivity index (χ0) is 36.1. The number of sulfonamides is 1. The van der Waals surface area contributed by atoms with Crippen molar-refractivity contribution < 1.29 is 36.3 Å². The molecule has 1 aliphatic heterocycles. The molecule has 1 aliphatic rings. The molecule has 0 spiro atoms. The van der Waals surface area contributed by atoms with Crippen LogP contribution in [0.25, 0.3) is 11.1 Å². The summed E-state index contributed by atoms with van der Waals surface area (Å²) in [6.45, 7) is 0.633. The lowest BCUT2D eigenvalue weighted by Gasteiger charge is -2.40. The molecule has 1 heterocycles. The average molecular weight is 705 g/mol. The smallest absolute Gasteiger partial charge is 0.379 e. The Labute approximate surface area is 288 Å². The molecule has 0 bridgehead atoms. The highest BCUT2D eigenvalue weighted by atomic mass is 32.2. The van der Waals surface area contributed by atoms with Gasteiger partial charge < -0.3 is 15.3 Å². The van der Waals surface area contributed by atoms with Gasteiger partial charge in [0.1, 0.15) is 5.60 Å². The fraction of sp³-hybridized carbons (Fsp3) is 0.270. The number of piperidine rings is 1. The van der Waals surface area contributed by atoms with Crippen molar-refractivity contribution in [3.8, 4) is 17.2 Å². The van der Waals surface area contributed by atoms with Crippen LogP contribution in [-0.2, 0) is 34.0 Å². The Morgan fingerprint density at radius 3 is 2.20 bits per heavy atom. The Kier molecular flexibility index (Phi) is 10.8. The Hall–Kier alpha value is -5.03. The summed E-state index contributed by atoms with van der Waals surface area (Å²) in [6.07, 6.45) is -3.43. The molecule has 0 saturated carbocycles. The van der Waals surface area contributed by atoms with E-state index in [9.17, 15) is 41.5 Å². The minimum atomic E-state index is -4.84. The maximum atomic E-state index is 14.0. The Balaban J connectivity index is 1.41. The summed E-state index contributed by atoms with van der Waals surface area (Å²) in [5, 5.41) is 23.9. The van der Waals surface area contributed by atoms with E-state index in [2.05, 4.69) is 10.0 Å². The second-order valence-electron chi connectivity index (χ2n) is 12.3. The van der Waals surface area contributed by atoms with Crippen LogP contribution in [0.2, 0.25) is 0 Å². The number of likely N-dealkylation sites (tertiary alicyclic amines) is 1. The van der Waals surface area contributed by atoms with Crippen molar-refractivity contribution >= 4 is 27.5 Å². The van der Waals surface area contributed by atoms with E-state index in [1.165, 1.54) is 12.1 Å². The maximum Gasteiger partial charge on any atom is 0.417 e. The van der Waals surface area contributed by atoms with Crippen LogP contribution >= 0.6 is 0 Å². The first-order valence-corrected chi connectivity index (χ1v) is 17.7. The summed E-state index contributed by atoms with van der Waals surface area (Å²) in [7, 11) is -3.36. The van der Waals surface area contributed by atoms with E-state index in [0.717, 1.165) is 29.0 Å². The van der Waals surface area contributed by atoms with E-state index < -0.39 is 44.8 Å². The molecule has 3 N–H and O–H groups in total. The number of hydrogen-bond donors (Lipinski definition) is 3. The molecule has 13 heteroatoms. The van der Waals surface area contributed by atoms with Crippen molar-refractivity contribution in [2.24, 2.45) is 5.92 Å². The number of rotatable bonds is 10. The van der Waals surface area contributed by atoms with Gasteiger partial charge in [0.2, 0.25) is 10.0 Å². The van der Waals surface area contributed by atoms with Gasteiger partial charge in [0.25, 0.3) is 11.8 Å². The van der Waals surface area contributed by atoms with Gasteiger partial charge in [0.15, 0.2) is 0 Å². The molecule has 1 atom stereocenters. The summed E-state index contributed by atoms with van der Waals surface area (Å²) in [5.41, 5.74) is -0.721. The van der Waals surface area contributed by atoms with Crippen LogP contribution in [0.15, 0.2) is 97.1 Å². The van der Waals surface area contributed by atoms with Crippen LogP contribution in [0.5, 0.6) is 0 Å². The highest BCUT2D eigenvalue weighted by molar-refractivity contribution is 7.88. The lowest BCUT2D eigenvalue weighted by Crippen LogP contribution is -2.54. The summed E-state index contributed by atoms with van der Waals surface area (Å²) < 4.78 is 66.5. The second-order valence-corrected chi connectivity index (χ2v) is 14.2. The molecule has 50 heavy (non-hydrogen) atoms. The first kappa shape index (κ1) is 36.3. The molecule has 4 aromatic rings. The Morgan fingerprint density at radius 1 is 0.900 bits per heavy atom. The summed E-state index contributed by atoms with van der Waals surface area (Å²) in [6, 6.07) is 27.4. The molecular formula is C37H35F3N4O5S. The van der Waals surface area contributed by atoms with Crippen LogP contribution in [0, 0.1) is 17.2 Å². The van der Waals surface area contributed by atoms with Gasteiger partial charge >= 0.3 is 6.18 Å². The monoisotopic (exact) mass is 704 g/mol. The largest absolute Gasteiger partial charge is 0.417 e. The molecule has 0 aromatic heterocycles. The quantitative estimate of drug-likeness (QED) is 0.192. The Morgan fingerprint density at radius 2 is 1.58 bits per heavy atom. The highest BCUT2D eigenvalue weighted by Crippen LogP contribution is 2.36. The fourth-order valence-corrected chi connectivity index (χ4v) is 6.56. The first-order chi connectivity index (χ1) is 23.7. The van der Waals surface area contributed by atoms with E-state index in [1.807, 2.05) is 18.2 Å². The first-order valence-electron chi connectivity index (χ1n) is 15.8. The number of nitrogens with zero attached hydrogens (tertiary/aromatic N) is 2. The molecule has 1 unspecified atom stereocenters. The molecule has 1 saturated heterocycles. The standard InChI is InChI=1S/C37H35F3N4O5S/c1-50(48,49)42-24-25-10-12-27(13-11-25)29-9-5-6-26(20-29)22-36(47,31-16-18-44(19-17-31)34(45)28-7-3-2-4-8-28)35(46)43-32-15-14-30(23-41)33(21-32)37(38,39)40/h2-15,20-21,31,42,47H,16-19,22,24H2,1H3,(H,43,46). The molecule has 0 aliphatic carbocycles. The number of nitriles is 1. The van der Waals surface area contributed by atoms with E-state index in [0.29, 0.717) is 17.2 Å². The van der Waals surface area contributed by atoms with Crippen molar-refractivity contribution in [1.29, 1.82) is 5.26 Å². The molecule has 4 aromatic carbocycles. The predicted octanol–water partition coefficient (Wildman–Crippen LogP) is 5.76. The Bertz CT molecular complexity index is 2010. The number of aliphatic hydroxyl groups is 1.